The van der Waals surface area contributed by atoms with Crippen LogP contribution in [-0.4, -0.2) is 62.4 Å². The van der Waals surface area contributed by atoms with Crippen LogP contribution in [0.5, 0.6) is 0 Å². The summed E-state index contributed by atoms with van der Waals surface area (Å²) in [6, 6.07) is -1.36. The number of methoxy groups -OCH3 is 1. The summed E-state index contributed by atoms with van der Waals surface area (Å²) < 4.78 is 49.9. The van der Waals surface area contributed by atoms with Crippen molar-refractivity contribution in [3.8, 4) is 0 Å². The lowest BCUT2D eigenvalue weighted by molar-refractivity contribution is -0.217. The molecule has 0 saturated carbocycles. The average molecular weight is 357 g/mol. The average Bonchev–Trinajstić information content (AvgIpc) is 2.41. The number of amides is 1. The molecule has 1 aliphatic heterocycles. The van der Waals surface area contributed by atoms with Crippen molar-refractivity contribution in [3.63, 3.8) is 0 Å². The second-order valence-corrected chi connectivity index (χ2v) is 11.0. The lowest BCUT2D eigenvalue weighted by Crippen LogP contribution is -2.59. The van der Waals surface area contributed by atoms with Crippen LogP contribution in [0.25, 0.3) is 0 Å². The van der Waals surface area contributed by atoms with E-state index in [1.807, 2.05) is 0 Å². The van der Waals surface area contributed by atoms with E-state index in [9.17, 15) is 27.9 Å². The van der Waals surface area contributed by atoms with Crippen LogP contribution in [0.2, 0.25) is 19.6 Å². The van der Waals surface area contributed by atoms with Gasteiger partial charge in [-0.1, -0.05) is 0 Å². The molecule has 0 radical (unpaired) electrons. The minimum Gasteiger partial charge on any atom is -0.469 e. The number of rotatable bonds is 4. The van der Waals surface area contributed by atoms with Gasteiger partial charge in [-0.3, -0.25) is 4.79 Å². The highest BCUT2D eigenvalue weighted by atomic mass is 28.4. The van der Waals surface area contributed by atoms with E-state index in [4.69, 9.17) is 4.43 Å². The number of ether oxygens (including phenoxy) is 1. The normalized spacial score (nSPS) is 24.2. The topological polar surface area (TPSA) is 76.1 Å². The number of alkyl halides is 3. The van der Waals surface area contributed by atoms with E-state index in [0.717, 1.165) is 7.11 Å². The van der Waals surface area contributed by atoms with Crippen molar-refractivity contribution in [3.05, 3.63) is 0 Å². The minimum absolute atomic E-state index is 0.110. The number of carboxylic acid groups (broad SMARTS) is 1. The van der Waals surface area contributed by atoms with Crippen molar-refractivity contribution in [2.45, 2.75) is 50.8 Å². The number of likely N-dealkylation sites (tertiary alicyclic amines) is 1. The monoisotopic (exact) mass is 357 g/mol. The van der Waals surface area contributed by atoms with Gasteiger partial charge in [-0.05, 0) is 32.5 Å². The lowest BCUT2D eigenvalue weighted by atomic mass is 9.90. The summed E-state index contributed by atoms with van der Waals surface area (Å²) in [6.07, 6.45) is -8.36. The number of carbonyl (C=O) groups excluding carboxylic acids is 1. The van der Waals surface area contributed by atoms with Crippen molar-refractivity contribution in [1.82, 2.24) is 4.90 Å². The standard InChI is InChI=1S/C13H22F3NO5Si/c1-21-11(18)8-5-6-9(17(7-8)12(19)20)10(13(14,15)16)22-23(2,3)4/h8-10H,5-7H2,1-4H3,(H,19,20)/t8?,9?,10-/m1/s1. The highest BCUT2D eigenvalue weighted by molar-refractivity contribution is 6.69. The number of halogens is 3. The molecule has 1 saturated heterocycles. The molecule has 23 heavy (non-hydrogen) atoms. The molecule has 1 amide bonds. The predicted molar refractivity (Wildman–Crippen MR) is 77.5 cm³/mol. The zero-order valence-corrected chi connectivity index (χ0v) is 14.5. The molecule has 0 aromatic rings. The van der Waals surface area contributed by atoms with Gasteiger partial charge in [0.15, 0.2) is 14.4 Å². The van der Waals surface area contributed by atoms with Gasteiger partial charge in [0, 0.05) is 6.54 Å². The third-order valence-electron chi connectivity index (χ3n) is 3.56. The molecule has 10 heteroatoms. The van der Waals surface area contributed by atoms with E-state index in [-0.39, 0.29) is 19.4 Å². The van der Waals surface area contributed by atoms with E-state index in [1.54, 1.807) is 19.6 Å². The Morgan fingerprint density at radius 2 is 1.83 bits per heavy atom. The lowest BCUT2D eigenvalue weighted by Gasteiger charge is -2.43. The van der Waals surface area contributed by atoms with Gasteiger partial charge < -0.3 is 19.2 Å². The summed E-state index contributed by atoms with van der Waals surface area (Å²) in [5.41, 5.74) is 0. The van der Waals surface area contributed by atoms with Gasteiger partial charge in [-0.2, -0.15) is 13.2 Å². The van der Waals surface area contributed by atoms with Crippen molar-refractivity contribution in [2.75, 3.05) is 13.7 Å². The Labute approximate surface area is 133 Å². The molecule has 1 fully saturated rings. The van der Waals surface area contributed by atoms with E-state index in [1.165, 1.54) is 0 Å². The summed E-state index contributed by atoms with van der Waals surface area (Å²) in [5.74, 6) is -1.38. The number of esters is 1. The van der Waals surface area contributed by atoms with Crippen molar-refractivity contribution < 1.29 is 37.0 Å². The van der Waals surface area contributed by atoms with Crippen LogP contribution < -0.4 is 0 Å². The summed E-state index contributed by atoms with van der Waals surface area (Å²) in [4.78, 5) is 23.6. The van der Waals surface area contributed by atoms with Crippen LogP contribution in [0.4, 0.5) is 18.0 Å². The fourth-order valence-corrected chi connectivity index (χ4v) is 3.68. The second-order valence-electron chi connectivity index (χ2n) is 6.49. The molecule has 1 rings (SSSR count). The van der Waals surface area contributed by atoms with Gasteiger partial charge in [0.05, 0.1) is 19.1 Å². The van der Waals surface area contributed by atoms with Gasteiger partial charge in [0.1, 0.15) is 0 Å². The van der Waals surface area contributed by atoms with E-state index in [2.05, 4.69) is 4.74 Å². The van der Waals surface area contributed by atoms with Crippen LogP contribution >= 0.6 is 0 Å². The fourth-order valence-electron chi connectivity index (χ4n) is 2.63. The van der Waals surface area contributed by atoms with Crippen LogP contribution in [0.3, 0.4) is 0 Å². The Kier molecular flexibility index (Phi) is 6.08. The molecule has 3 atom stereocenters. The molecule has 0 aliphatic carbocycles. The van der Waals surface area contributed by atoms with Crippen LogP contribution in [0.15, 0.2) is 0 Å². The van der Waals surface area contributed by atoms with Gasteiger partial charge in [-0.25, -0.2) is 4.79 Å². The SMILES string of the molecule is COC(=O)C1CCC([C@@H](O[Si](C)(C)C)C(F)(F)F)N(C(=O)O)C1. The summed E-state index contributed by atoms with van der Waals surface area (Å²) in [5, 5.41) is 9.26. The molecule has 0 aromatic heterocycles. The molecular formula is C13H22F3NO5Si. The number of piperidine rings is 1. The smallest absolute Gasteiger partial charge is 0.415 e. The van der Waals surface area contributed by atoms with Crippen molar-refractivity contribution in [1.29, 1.82) is 0 Å². The Bertz CT molecular complexity index is 452. The van der Waals surface area contributed by atoms with E-state index < -0.39 is 44.6 Å². The molecule has 1 aliphatic rings. The number of hydrogen-bond donors (Lipinski definition) is 1. The fraction of sp³-hybridized carbons (Fsp3) is 0.846. The predicted octanol–water partition coefficient (Wildman–Crippen LogP) is 2.70. The second kappa shape index (κ2) is 7.08. The third-order valence-corrected chi connectivity index (χ3v) is 4.52. The van der Waals surface area contributed by atoms with E-state index in [0.29, 0.717) is 4.90 Å². The first-order valence-electron chi connectivity index (χ1n) is 7.18. The Balaban J connectivity index is 3.05. The summed E-state index contributed by atoms with van der Waals surface area (Å²) in [6.45, 7) is 4.50. The third kappa shape index (κ3) is 5.38. The quantitative estimate of drug-likeness (QED) is 0.618. The van der Waals surface area contributed by atoms with Crippen molar-refractivity contribution >= 4 is 20.4 Å². The Morgan fingerprint density at radius 3 is 2.22 bits per heavy atom. The molecular weight excluding hydrogens is 335 g/mol. The highest BCUT2D eigenvalue weighted by Gasteiger charge is 2.52. The molecule has 6 nitrogen and oxygen atoms in total. The van der Waals surface area contributed by atoms with Crippen LogP contribution in [-0.2, 0) is 14.0 Å². The zero-order valence-electron chi connectivity index (χ0n) is 13.5. The van der Waals surface area contributed by atoms with Gasteiger partial charge in [0.25, 0.3) is 0 Å². The highest BCUT2D eigenvalue weighted by Crippen LogP contribution is 2.35. The first kappa shape index (κ1) is 19.8. The zero-order chi connectivity index (χ0) is 18.0. The first-order chi connectivity index (χ1) is 10.4. The first-order valence-corrected chi connectivity index (χ1v) is 10.6. The number of nitrogens with zero attached hydrogens (tertiary/aromatic N) is 1. The van der Waals surface area contributed by atoms with E-state index >= 15 is 0 Å². The number of hydrogen-bond acceptors (Lipinski definition) is 4. The molecule has 0 aromatic carbocycles. The molecule has 0 bridgehead atoms. The molecule has 1 heterocycles. The molecule has 0 spiro atoms. The summed E-state index contributed by atoms with van der Waals surface area (Å²) >= 11 is 0. The maximum Gasteiger partial charge on any atom is 0.415 e. The maximum absolute atomic E-state index is 13.4. The van der Waals surface area contributed by atoms with Gasteiger partial charge in [-0.15, -0.1) is 0 Å². The maximum atomic E-state index is 13.4. The minimum atomic E-state index is -4.68. The largest absolute Gasteiger partial charge is 0.469 e. The number of carbonyl (C=O) groups is 2. The molecule has 2 unspecified atom stereocenters. The van der Waals surface area contributed by atoms with Crippen molar-refractivity contribution in [2.24, 2.45) is 5.92 Å². The Morgan fingerprint density at radius 1 is 1.26 bits per heavy atom. The Hall–Kier alpha value is -1.29. The van der Waals surface area contributed by atoms with Crippen LogP contribution in [0.1, 0.15) is 12.8 Å². The van der Waals surface area contributed by atoms with Crippen LogP contribution in [0, 0.1) is 5.92 Å². The molecule has 1 N–H and O–H groups in total. The molecule has 134 valence electrons. The summed E-state index contributed by atoms with van der Waals surface area (Å²) in [7, 11) is -1.40. The van der Waals surface area contributed by atoms with Gasteiger partial charge >= 0.3 is 18.2 Å². The van der Waals surface area contributed by atoms with Gasteiger partial charge in [0.2, 0.25) is 0 Å².